The summed E-state index contributed by atoms with van der Waals surface area (Å²) < 4.78 is 86.9. The molecule has 104 valence electrons. The van der Waals surface area contributed by atoms with Crippen molar-refractivity contribution < 1.29 is 30.7 Å². The second-order valence-electron chi connectivity index (χ2n) is 3.97. The third kappa shape index (κ3) is 5.44. The summed E-state index contributed by atoms with van der Waals surface area (Å²) in [7, 11) is 0. The molecule has 0 aromatic heterocycles. The minimum absolute atomic E-state index is 0.0398. The monoisotopic (exact) mass is 332 g/mol. The molecular weight excluding hydrogens is 321 g/mol. The highest BCUT2D eigenvalue weighted by Crippen LogP contribution is 2.43. The summed E-state index contributed by atoms with van der Waals surface area (Å²) in [6.45, 7) is 0.139. The van der Waals surface area contributed by atoms with Gasteiger partial charge in [0.1, 0.15) is 0 Å². The van der Waals surface area contributed by atoms with Gasteiger partial charge in [0.25, 0.3) is 0 Å². The SMILES string of the molecule is CC(F)(CC(CCCBr)C(F)(F)F)C(F)(F)F. The van der Waals surface area contributed by atoms with Crippen LogP contribution in [0, 0.1) is 5.92 Å². The van der Waals surface area contributed by atoms with Gasteiger partial charge in [-0.2, -0.15) is 26.3 Å². The van der Waals surface area contributed by atoms with E-state index in [1.165, 1.54) is 0 Å². The molecule has 0 nitrogen and oxygen atoms in total. The standard InChI is InChI=1S/C9H12BrF7/c1-7(11,9(15,16)17)5-6(3-2-4-10)8(12,13)14/h6H,2-5H2,1H3. The van der Waals surface area contributed by atoms with Crippen LogP contribution in [-0.4, -0.2) is 23.4 Å². The maximum absolute atomic E-state index is 13.2. The summed E-state index contributed by atoms with van der Waals surface area (Å²) in [5.74, 6) is -2.28. The third-order valence-electron chi connectivity index (χ3n) is 2.37. The molecule has 0 aromatic carbocycles. The van der Waals surface area contributed by atoms with Crippen molar-refractivity contribution >= 4 is 15.9 Å². The lowest BCUT2D eigenvalue weighted by Gasteiger charge is -2.29. The van der Waals surface area contributed by atoms with Gasteiger partial charge in [-0.25, -0.2) is 4.39 Å². The highest BCUT2D eigenvalue weighted by molar-refractivity contribution is 9.09. The van der Waals surface area contributed by atoms with Crippen molar-refractivity contribution in [2.45, 2.75) is 44.2 Å². The van der Waals surface area contributed by atoms with Crippen LogP contribution in [0.3, 0.4) is 0 Å². The van der Waals surface area contributed by atoms with E-state index in [2.05, 4.69) is 15.9 Å². The van der Waals surface area contributed by atoms with Crippen LogP contribution in [0.4, 0.5) is 30.7 Å². The molecule has 0 N–H and O–H groups in total. The fourth-order valence-electron chi connectivity index (χ4n) is 1.28. The maximum Gasteiger partial charge on any atom is 0.422 e. The van der Waals surface area contributed by atoms with Gasteiger partial charge >= 0.3 is 12.4 Å². The van der Waals surface area contributed by atoms with Crippen molar-refractivity contribution in [1.29, 1.82) is 0 Å². The van der Waals surface area contributed by atoms with Crippen LogP contribution in [0.1, 0.15) is 26.2 Å². The number of halogens is 8. The summed E-state index contributed by atoms with van der Waals surface area (Å²) in [5.41, 5.74) is -3.82. The Hall–Kier alpha value is -0.0100. The lowest BCUT2D eigenvalue weighted by Crippen LogP contribution is -2.42. The van der Waals surface area contributed by atoms with E-state index >= 15 is 0 Å². The predicted octanol–water partition coefficient (Wildman–Crippen LogP) is 5.02. The van der Waals surface area contributed by atoms with Crippen LogP contribution in [0.25, 0.3) is 0 Å². The van der Waals surface area contributed by atoms with Crippen molar-refractivity contribution in [2.24, 2.45) is 5.92 Å². The Morgan fingerprint density at radius 2 is 1.47 bits per heavy atom. The molecule has 0 bridgehead atoms. The van der Waals surface area contributed by atoms with Crippen molar-refractivity contribution in [3.8, 4) is 0 Å². The molecule has 0 saturated carbocycles. The van der Waals surface area contributed by atoms with Gasteiger partial charge in [-0.3, -0.25) is 0 Å². The van der Waals surface area contributed by atoms with Crippen LogP contribution in [-0.2, 0) is 0 Å². The van der Waals surface area contributed by atoms with Crippen LogP contribution in [0.5, 0.6) is 0 Å². The van der Waals surface area contributed by atoms with Crippen molar-refractivity contribution in [2.75, 3.05) is 5.33 Å². The predicted molar refractivity (Wildman–Crippen MR) is 52.8 cm³/mol. The summed E-state index contributed by atoms with van der Waals surface area (Å²) in [6, 6.07) is 0. The van der Waals surface area contributed by atoms with Crippen LogP contribution in [0.2, 0.25) is 0 Å². The Bertz CT molecular complexity index is 230. The minimum Gasteiger partial charge on any atom is -0.234 e. The first-order valence-electron chi connectivity index (χ1n) is 4.80. The van der Waals surface area contributed by atoms with E-state index in [9.17, 15) is 30.7 Å². The van der Waals surface area contributed by atoms with E-state index in [0.717, 1.165) is 0 Å². The number of rotatable bonds is 5. The highest BCUT2D eigenvalue weighted by atomic mass is 79.9. The Balaban J connectivity index is 4.75. The summed E-state index contributed by atoms with van der Waals surface area (Å²) >= 11 is 2.88. The van der Waals surface area contributed by atoms with Gasteiger partial charge < -0.3 is 0 Å². The third-order valence-corrected chi connectivity index (χ3v) is 2.93. The highest BCUT2D eigenvalue weighted by Gasteiger charge is 2.56. The molecule has 0 aliphatic rings. The van der Waals surface area contributed by atoms with Gasteiger partial charge in [0.15, 0.2) is 0 Å². The first kappa shape index (κ1) is 17.0. The molecule has 0 fully saturated rings. The van der Waals surface area contributed by atoms with E-state index in [4.69, 9.17) is 0 Å². The van der Waals surface area contributed by atoms with E-state index in [1.807, 2.05) is 0 Å². The summed E-state index contributed by atoms with van der Waals surface area (Å²) in [6.07, 6.45) is -12.2. The minimum atomic E-state index is -5.29. The first-order chi connectivity index (χ1) is 7.42. The molecule has 0 radical (unpaired) electrons. The molecule has 2 unspecified atom stereocenters. The average Bonchev–Trinajstić information content (AvgIpc) is 2.08. The first-order valence-corrected chi connectivity index (χ1v) is 5.92. The zero-order chi connectivity index (χ0) is 13.9. The molecule has 0 aliphatic carbocycles. The normalized spacial score (nSPS) is 18.9. The average molecular weight is 333 g/mol. The molecule has 2 atom stereocenters. The zero-order valence-electron chi connectivity index (χ0n) is 8.93. The van der Waals surface area contributed by atoms with Crippen LogP contribution < -0.4 is 0 Å². The fraction of sp³-hybridized carbons (Fsp3) is 1.00. The zero-order valence-corrected chi connectivity index (χ0v) is 10.5. The van der Waals surface area contributed by atoms with E-state index in [-0.39, 0.29) is 18.7 Å². The molecule has 8 heteroatoms. The molecular formula is C9H12BrF7. The molecule has 0 amide bonds. The lowest BCUT2D eigenvalue weighted by atomic mass is 9.89. The largest absolute Gasteiger partial charge is 0.422 e. The Kier molecular flexibility index (Phi) is 5.75. The topological polar surface area (TPSA) is 0 Å². The van der Waals surface area contributed by atoms with Crippen molar-refractivity contribution in [3.63, 3.8) is 0 Å². The van der Waals surface area contributed by atoms with Gasteiger partial charge in [-0.1, -0.05) is 15.9 Å². The van der Waals surface area contributed by atoms with Gasteiger partial charge in [0.05, 0.1) is 5.92 Å². The fourth-order valence-corrected chi connectivity index (χ4v) is 1.61. The van der Waals surface area contributed by atoms with Crippen molar-refractivity contribution in [1.82, 2.24) is 0 Å². The van der Waals surface area contributed by atoms with Gasteiger partial charge in [0, 0.05) is 11.8 Å². The molecule has 17 heavy (non-hydrogen) atoms. The second kappa shape index (κ2) is 5.75. The molecule has 0 aromatic rings. The molecule has 0 spiro atoms. The number of hydrogen-bond donors (Lipinski definition) is 0. The smallest absolute Gasteiger partial charge is 0.234 e. The molecule has 0 heterocycles. The van der Waals surface area contributed by atoms with Crippen molar-refractivity contribution in [3.05, 3.63) is 0 Å². The Morgan fingerprint density at radius 1 is 1.00 bits per heavy atom. The number of alkyl halides is 8. The van der Waals surface area contributed by atoms with Crippen LogP contribution in [0.15, 0.2) is 0 Å². The quantitative estimate of drug-likeness (QED) is 0.489. The maximum atomic E-state index is 13.2. The molecule has 0 saturated heterocycles. The van der Waals surface area contributed by atoms with Crippen LogP contribution >= 0.6 is 15.9 Å². The Morgan fingerprint density at radius 3 is 1.76 bits per heavy atom. The van der Waals surface area contributed by atoms with E-state index in [1.54, 1.807) is 0 Å². The molecule has 0 rings (SSSR count). The van der Waals surface area contributed by atoms with E-state index < -0.39 is 36.8 Å². The van der Waals surface area contributed by atoms with Gasteiger partial charge in [-0.15, -0.1) is 0 Å². The summed E-state index contributed by atoms with van der Waals surface area (Å²) in [4.78, 5) is 0. The van der Waals surface area contributed by atoms with Gasteiger partial charge in [0.2, 0.25) is 5.67 Å². The van der Waals surface area contributed by atoms with Gasteiger partial charge in [-0.05, 0) is 19.8 Å². The van der Waals surface area contributed by atoms with E-state index in [0.29, 0.717) is 0 Å². The summed E-state index contributed by atoms with van der Waals surface area (Å²) in [5, 5.41) is 0.231. The molecule has 0 aliphatic heterocycles. The number of hydrogen-bond acceptors (Lipinski definition) is 0. The second-order valence-corrected chi connectivity index (χ2v) is 4.76. The Labute approximate surface area is 103 Å². The lowest BCUT2D eigenvalue weighted by molar-refractivity contribution is -0.248.